The maximum atomic E-state index is 13.9. The van der Waals surface area contributed by atoms with Crippen LogP contribution in [0.4, 0.5) is 36.6 Å². The third-order valence-electron chi connectivity index (χ3n) is 5.88. The molecule has 4 rings (SSSR count). The SMILES string of the molecule is NS(=O)(=O)c1cccc(-c2c(-c3ccc(F)cc3)nc(C(F)(F)F)nc2N2CCN(S(=O)(=O)C(F)(F)F)CC2)c1. The molecule has 0 atom stereocenters. The Kier molecular flexibility index (Phi) is 7.59. The minimum atomic E-state index is -5.70. The number of piperazine rings is 1. The molecule has 40 heavy (non-hydrogen) atoms. The summed E-state index contributed by atoms with van der Waals surface area (Å²) in [5, 5.41) is 5.21. The quantitative estimate of drug-likeness (QED) is 0.436. The van der Waals surface area contributed by atoms with E-state index in [2.05, 4.69) is 9.97 Å². The fourth-order valence-electron chi connectivity index (χ4n) is 4.00. The molecule has 3 aromatic rings. The highest BCUT2D eigenvalue weighted by Crippen LogP contribution is 2.41. The number of hydrogen-bond donors (Lipinski definition) is 1. The molecule has 0 amide bonds. The summed E-state index contributed by atoms with van der Waals surface area (Å²) in [7, 11) is -9.99. The fourth-order valence-corrected chi connectivity index (χ4v) is 5.50. The normalized spacial score (nSPS) is 15.8. The van der Waals surface area contributed by atoms with E-state index in [-0.39, 0.29) is 21.0 Å². The highest BCUT2D eigenvalue weighted by atomic mass is 32.2. The van der Waals surface area contributed by atoms with Crippen molar-refractivity contribution in [1.29, 1.82) is 0 Å². The number of benzene rings is 2. The zero-order valence-corrected chi connectivity index (χ0v) is 21.5. The molecule has 0 bridgehead atoms. The van der Waals surface area contributed by atoms with Gasteiger partial charge in [-0.15, -0.1) is 0 Å². The predicted molar refractivity (Wildman–Crippen MR) is 128 cm³/mol. The molecule has 1 aromatic heterocycles. The third kappa shape index (κ3) is 5.89. The number of primary sulfonamides is 1. The van der Waals surface area contributed by atoms with Crippen LogP contribution in [0.2, 0.25) is 0 Å². The molecule has 0 spiro atoms. The molecule has 2 N–H and O–H groups in total. The Morgan fingerprint density at radius 3 is 1.93 bits per heavy atom. The van der Waals surface area contributed by atoms with Crippen molar-refractivity contribution < 1.29 is 47.6 Å². The zero-order valence-electron chi connectivity index (χ0n) is 19.9. The molecule has 1 saturated heterocycles. The lowest BCUT2D eigenvalue weighted by atomic mass is 9.98. The Morgan fingerprint density at radius 2 is 1.40 bits per heavy atom. The summed E-state index contributed by atoms with van der Waals surface area (Å²) in [6.07, 6.45) is -5.11. The van der Waals surface area contributed by atoms with Crippen molar-refractivity contribution in [2.75, 3.05) is 31.1 Å². The van der Waals surface area contributed by atoms with Crippen LogP contribution in [0.3, 0.4) is 0 Å². The van der Waals surface area contributed by atoms with E-state index in [4.69, 9.17) is 5.14 Å². The number of anilines is 1. The van der Waals surface area contributed by atoms with E-state index in [1.807, 2.05) is 0 Å². The van der Waals surface area contributed by atoms with Gasteiger partial charge in [-0.25, -0.2) is 36.3 Å². The van der Waals surface area contributed by atoms with Gasteiger partial charge in [0.1, 0.15) is 11.6 Å². The van der Waals surface area contributed by atoms with Crippen LogP contribution in [-0.2, 0) is 26.2 Å². The molecular weight excluding hydrogens is 595 g/mol. The molecule has 2 heterocycles. The maximum Gasteiger partial charge on any atom is 0.511 e. The monoisotopic (exact) mass is 613 g/mol. The van der Waals surface area contributed by atoms with E-state index >= 15 is 0 Å². The Balaban J connectivity index is 1.94. The Bertz CT molecular complexity index is 1640. The first-order valence-corrected chi connectivity index (χ1v) is 14.1. The lowest BCUT2D eigenvalue weighted by Gasteiger charge is -2.36. The van der Waals surface area contributed by atoms with Crippen molar-refractivity contribution >= 4 is 25.9 Å². The van der Waals surface area contributed by atoms with Gasteiger partial charge in [0.25, 0.3) is 0 Å². The Morgan fingerprint density at radius 1 is 0.800 bits per heavy atom. The van der Waals surface area contributed by atoms with Crippen molar-refractivity contribution in [2.24, 2.45) is 5.14 Å². The number of halogens is 7. The van der Waals surface area contributed by atoms with Gasteiger partial charge in [0.15, 0.2) is 0 Å². The molecule has 216 valence electrons. The fraction of sp³-hybridized carbons (Fsp3) is 0.273. The third-order valence-corrected chi connectivity index (χ3v) is 8.42. The van der Waals surface area contributed by atoms with Crippen LogP contribution in [-0.4, -0.2) is 62.8 Å². The largest absolute Gasteiger partial charge is 0.511 e. The van der Waals surface area contributed by atoms with Gasteiger partial charge in [0, 0.05) is 31.7 Å². The van der Waals surface area contributed by atoms with Gasteiger partial charge in [0.05, 0.1) is 16.2 Å². The second-order valence-corrected chi connectivity index (χ2v) is 12.0. The second-order valence-electron chi connectivity index (χ2n) is 8.51. The summed E-state index contributed by atoms with van der Waals surface area (Å²) in [5.41, 5.74) is -6.20. The van der Waals surface area contributed by atoms with Crippen LogP contribution in [0.1, 0.15) is 5.82 Å². The highest BCUT2D eigenvalue weighted by Gasteiger charge is 2.50. The van der Waals surface area contributed by atoms with Crippen LogP contribution in [0.5, 0.6) is 0 Å². The molecule has 1 fully saturated rings. The van der Waals surface area contributed by atoms with E-state index in [0.29, 0.717) is 0 Å². The number of alkyl halides is 6. The first-order chi connectivity index (χ1) is 18.4. The van der Waals surface area contributed by atoms with Crippen LogP contribution >= 0.6 is 0 Å². The van der Waals surface area contributed by atoms with Crippen molar-refractivity contribution in [3.8, 4) is 22.4 Å². The molecular formula is C22H18F7N5O4S2. The second kappa shape index (κ2) is 10.2. The topological polar surface area (TPSA) is 127 Å². The van der Waals surface area contributed by atoms with Gasteiger partial charge in [-0.3, -0.25) is 0 Å². The molecule has 9 nitrogen and oxygen atoms in total. The van der Waals surface area contributed by atoms with Gasteiger partial charge in [0.2, 0.25) is 15.8 Å². The molecule has 1 aliphatic heterocycles. The van der Waals surface area contributed by atoms with Crippen molar-refractivity contribution in [1.82, 2.24) is 14.3 Å². The van der Waals surface area contributed by atoms with E-state index in [9.17, 15) is 47.6 Å². The van der Waals surface area contributed by atoms with Crippen molar-refractivity contribution in [3.05, 3.63) is 60.2 Å². The molecule has 18 heteroatoms. The lowest BCUT2D eigenvalue weighted by Crippen LogP contribution is -2.52. The Hall–Kier alpha value is -3.35. The number of nitrogens with zero attached hydrogens (tertiary/aromatic N) is 4. The van der Waals surface area contributed by atoms with Crippen LogP contribution < -0.4 is 10.0 Å². The van der Waals surface area contributed by atoms with Gasteiger partial charge in [-0.05, 0) is 42.0 Å². The molecule has 0 unspecified atom stereocenters. The molecule has 0 aliphatic carbocycles. The average Bonchev–Trinajstić information content (AvgIpc) is 2.87. The number of hydrogen-bond acceptors (Lipinski definition) is 7. The van der Waals surface area contributed by atoms with Gasteiger partial charge < -0.3 is 4.90 Å². The molecule has 2 aromatic carbocycles. The van der Waals surface area contributed by atoms with Crippen molar-refractivity contribution in [2.45, 2.75) is 16.6 Å². The number of nitrogens with two attached hydrogens (primary N) is 1. The van der Waals surface area contributed by atoms with E-state index in [1.54, 1.807) is 0 Å². The first kappa shape index (κ1) is 29.6. The minimum Gasteiger partial charge on any atom is -0.353 e. The average molecular weight is 614 g/mol. The van der Waals surface area contributed by atoms with E-state index in [0.717, 1.165) is 41.3 Å². The summed E-state index contributed by atoms with van der Waals surface area (Å²) in [6.45, 7) is -2.49. The van der Waals surface area contributed by atoms with Gasteiger partial charge in [-0.1, -0.05) is 12.1 Å². The standard InChI is InChI=1S/C22H18F7N5O4S2/c23-15-6-4-13(5-7-15)18-17(14-2-1-3-16(12-14)39(30,35)36)19(32-20(31-18)21(24,25)26)33-8-10-34(11-9-33)40(37,38)22(27,28)29/h1-7,12H,8-11H2,(H2,30,35,36). The molecule has 0 radical (unpaired) electrons. The van der Waals surface area contributed by atoms with Crippen LogP contribution in [0.15, 0.2) is 53.4 Å². The summed E-state index contributed by atoms with van der Waals surface area (Å²) >= 11 is 0. The summed E-state index contributed by atoms with van der Waals surface area (Å²) in [4.78, 5) is 7.97. The number of sulfonamides is 2. The predicted octanol–water partition coefficient (Wildman–Crippen LogP) is 3.59. The highest BCUT2D eigenvalue weighted by molar-refractivity contribution is 7.90. The smallest absolute Gasteiger partial charge is 0.353 e. The summed E-state index contributed by atoms with van der Waals surface area (Å²) in [6, 6.07) is 8.90. The maximum absolute atomic E-state index is 13.9. The Labute approximate surface area is 223 Å². The van der Waals surface area contributed by atoms with E-state index in [1.165, 1.54) is 12.1 Å². The number of rotatable bonds is 5. The van der Waals surface area contributed by atoms with Crippen LogP contribution in [0.25, 0.3) is 22.4 Å². The lowest BCUT2D eigenvalue weighted by molar-refractivity contribution is -0.144. The zero-order chi connectivity index (χ0) is 29.7. The first-order valence-electron chi connectivity index (χ1n) is 11.1. The van der Waals surface area contributed by atoms with Gasteiger partial charge in [-0.2, -0.15) is 30.6 Å². The van der Waals surface area contributed by atoms with Crippen LogP contribution in [0, 0.1) is 5.82 Å². The molecule has 1 aliphatic rings. The van der Waals surface area contributed by atoms with E-state index < -0.39 is 86.0 Å². The summed E-state index contributed by atoms with van der Waals surface area (Å²) < 4.78 is 142. The van der Waals surface area contributed by atoms with Crippen molar-refractivity contribution in [3.63, 3.8) is 0 Å². The molecule has 0 saturated carbocycles. The van der Waals surface area contributed by atoms with Gasteiger partial charge >= 0.3 is 21.7 Å². The summed E-state index contributed by atoms with van der Waals surface area (Å²) in [5.74, 6) is -2.82. The minimum absolute atomic E-state index is 0.0233. The number of aromatic nitrogens is 2.